The molecule has 1 atom stereocenters. The zero-order valence-corrected chi connectivity index (χ0v) is 13.2. The van der Waals surface area contributed by atoms with E-state index in [0.29, 0.717) is 13.2 Å². The van der Waals surface area contributed by atoms with Gasteiger partial charge < -0.3 is 10.1 Å². The van der Waals surface area contributed by atoms with E-state index in [0.717, 1.165) is 22.4 Å². The molecule has 1 unspecified atom stereocenters. The lowest BCUT2D eigenvalue weighted by Crippen LogP contribution is -2.26. The van der Waals surface area contributed by atoms with Gasteiger partial charge in [0.25, 0.3) is 0 Å². The Labute approximate surface area is 126 Å². The Morgan fingerprint density at radius 3 is 3.05 bits per heavy atom. The van der Waals surface area contributed by atoms with Gasteiger partial charge in [0.2, 0.25) is 0 Å². The van der Waals surface area contributed by atoms with E-state index in [2.05, 4.69) is 48.9 Å². The van der Waals surface area contributed by atoms with Gasteiger partial charge in [0.15, 0.2) is 5.82 Å². The predicted octanol–water partition coefficient (Wildman–Crippen LogP) is 1.78. The van der Waals surface area contributed by atoms with E-state index in [1.807, 2.05) is 23.7 Å². The van der Waals surface area contributed by atoms with E-state index in [9.17, 15) is 0 Å². The highest BCUT2D eigenvalue weighted by Gasteiger charge is 2.14. The molecule has 0 saturated carbocycles. The van der Waals surface area contributed by atoms with Gasteiger partial charge in [0.1, 0.15) is 0 Å². The SMILES string of the molecule is COCCNC(C)c1nnnn1Cc1cccc(Br)c1. The molecule has 108 valence electrons. The average Bonchev–Trinajstić information content (AvgIpc) is 2.87. The molecule has 1 aromatic heterocycles. The van der Waals surface area contributed by atoms with E-state index in [4.69, 9.17) is 4.74 Å². The number of hydrogen-bond acceptors (Lipinski definition) is 5. The Hall–Kier alpha value is -1.31. The number of halogens is 1. The molecule has 0 saturated heterocycles. The highest BCUT2D eigenvalue weighted by molar-refractivity contribution is 9.10. The van der Waals surface area contributed by atoms with Crippen molar-refractivity contribution in [3.8, 4) is 0 Å². The number of benzene rings is 1. The van der Waals surface area contributed by atoms with Crippen molar-refractivity contribution in [2.75, 3.05) is 20.3 Å². The highest BCUT2D eigenvalue weighted by Crippen LogP contribution is 2.14. The van der Waals surface area contributed by atoms with Gasteiger partial charge in [-0.25, -0.2) is 4.68 Å². The average molecular weight is 340 g/mol. The number of aromatic nitrogens is 4. The minimum absolute atomic E-state index is 0.0762. The molecule has 0 radical (unpaired) electrons. The molecule has 0 amide bonds. The summed E-state index contributed by atoms with van der Waals surface area (Å²) in [4.78, 5) is 0. The van der Waals surface area contributed by atoms with E-state index in [1.54, 1.807) is 7.11 Å². The molecule has 0 fully saturated rings. The Balaban J connectivity index is 2.04. The largest absolute Gasteiger partial charge is 0.383 e. The van der Waals surface area contributed by atoms with Crippen LogP contribution in [0.25, 0.3) is 0 Å². The van der Waals surface area contributed by atoms with Crippen LogP contribution in [-0.2, 0) is 11.3 Å². The second kappa shape index (κ2) is 7.47. The molecule has 1 aromatic carbocycles. The zero-order valence-electron chi connectivity index (χ0n) is 11.6. The van der Waals surface area contributed by atoms with Crippen LogP contribution < -0.4 is 5.32 Å². The van der Waals surface area contributed by atoms with Crippen LogP contribution >= 0.6 is 15.9 Å². The fourth-order valence-electron chi connectivity index (χ4n) is 1.91. The van der Waals surface area contributed by atoms with E-state index in [-0.39, 0.29) is 6.04 Å². The lowest BCUT2D eigenvalue weighted by Gasteiger charge is -2.13. The molecule has 0 aliphatic heterocycles. The van der Waals surface area contributed by atoms with Gasteiger partial charge in [-0.05, 0) is 35.0 Å². The van der Waals surface area contributed by atoms with Crippen molar-refractivity contribution >= 4 is 15.9 Å². The highest BCUT2D eigenvalue weighted by atomic mass is 79.9. The third kappa shape index (κ3) is 4.09. The third-order valence-corrected chi connectivity index (χ3v) is 3.42. The number of hydrogen-bond donors (Lipinski definition) is 1. The maximum absolute atomic E-state index is 5.02. The fourth-order valence-corrected chi connectivity index (χ4v) is 2.36. The molecule has 6 nitrogen and oxygen atoms in total. The predicted molar refractivity (Wildman–Crippen MR) is 79.4 cm³/mol. The molecule has 0 bridgehead atoms. The lowest BCUT2D eigenvalue weighted by atomic mass is 10.2. The second-order valence-electron chi connectivity index (χ2n) is 4.49. The maximum Gasteiger partial charge on any atom is 0.168 e. The number of tetrazole rings is 1. The molecular weight excluding hydrogens is 322 g/mol. The summed E-state index contributed by atoms with van der Waals surface area (Å²) in [7, 11) is 1.68. The van der Waals surface area contributed by atoms with Gasteiger partial charge in [-0.1, -0.05) is 28.1 Å². The summed E-state index contributed by atoms with van der Waals surface area (Å²) < 4.78 is 7.89. The molecule has 1 N–H and O–H groups in total. The quantitative estimate of drug-likeness (QED) is 0.779. The van der Waals surface area contributed by atoms with Crippen molar-refractivity contribution in [3.05, 3.63) is 40.1 Å². The number of rotatable bonds is 7. The van der Waals surface area contributed by atoms with Crippen LogP contribution in [0.4, 0.5) is 0 Å². The molecule has 1 heterocycles. The van der Waals surface area contributed by atoms with Crippen LogP contribution in [0.15, 0.2) is 28.7 Å². The standard InChI is InChI=1S/C13H18BrN5O/c1-10(15-6-7-20-2)13-16-17-18-19(13)9-11-4-3-5-12(14)8-11/h3-5,8,10,15H,6-7,9H2,1-2H3. The summed E-state index contributed by atoms with van der Waals surface area (Å²) >= 11 is 3.47. The third-order valence-electron chi connectivity index (χ3n) is 2.92. The summed E-state index contributed by atoms with van der Waals surface area (Å²) in [6.07, 6.45) is 0. The number of nitrogens with one attached hydrogen (secondary N) is 1. The molecule has 7 heteroatoms. The first-order valence-electron chi connectivity index (χ1n) is 6.43. The smallest absolute Gasteiger partial charge is 0.168 e. The van der Waals surface area contributed by atoms with Gasteiger partial charge in [0, 0.05) is 18.1 Å². The first kappa shape index (κ1) is 15.1. The van der Waals surface area contributed by atoms with Gasteiger partial charge in [0.05, 0.1) is 19.2 Å². The van der Waals surface area contributed by atoms with Crippen LogP contribution in [0.5, 0.6) is 0 Å². The molecule has 2 aromatic rings. The van der Waals surface area contributed by atoms with Crippen molar-refractivity contribution in [1.82, 2.24) is 25.5 Å². The number of methoxy groups -OCH3 is 1. The molecule has 0 aliphatic rings. The van der Waals surface area contributed by atoms with Crippen LogP contribution in [0.2, 0.25) is 0 Å². The van der Waals surface area contributed by atoms with Gasteiger partial charge in [-0.3, -0.25) is 0 Å². The van der Waals surface area contributed by atoms with Crippen molar-refractivity contribution < 1.29 is 4.74 Å². The van der Waals surface area contributed by atoms with E-state index in [1.165, 1.54) is 0 Å². The van der Waals surface area contributed by atoms with E-state index >= 15 is 0 Å². The monoisotopic (exact) mass is 339 g/mol. The Bertz CT molecular complexity index is 545. The number of ether oxygens (including phenoxy) is 1. The van der Waals surface area contributed by atoms with Gasteiger partial charge >= 0.3 is 0 Å². The minimum Gasteiger partial charge on any atom is -0.383 e. The normalized spacial score (nSPS) is 12.6. The summed E-state index contributed by atoms with van der Waals surface area (Å²) in [5, 5.41) is 15.3. The summed E-state index contributed by atoms with van der Waals surface area (Å²) in [6, 6.07) is 8.20. The minimum atomic E-state index is 0.0762. The molecule has 20 heavy (non-hydrogen) atoms. The first-order chi connectivity index (χ1) is 9.70. The zero-order chi connectivity index (χ0) is 14.4. The van der Waals surface area contributed by atoms with Crippen LogP contribution in [0.3, 0.4) is 0 Å². The first-order valence-corrected chi connectivity index (χ1v) is 7.23. The summed E-state index contributed by atoms with van der Waals surface area (Å²) in [6.45, 7) is 4.12. The van der Waals surface area contributed by atoms with Crippen molar-refractivity contribution in [2.24, 2.45) is 0 Å². The topological polar surface area (TPSA) is 64.9 Å². The van der Waals surface area contributed by atoms with Crippen LogP contribution in [-0.4, -0.2) is 40.5 Å². The Morgan fingerprint density at radius 1 is 1.45 bits per heavy atom. The molecule has 2 rings (SSSR count). The lowest BCUT2D eigenvalue weighted by molar-refractivity contribution is 0.196. The van der Waals surface area contributed by atoms with Crippen molar-refractivity contribution in [1.29, 1.82) is 0 Å². The Kier molecular flexibility index (Phi) is 5.63. The fraction of sp³-hybridized carbons (Fsp3) is 0.462. The Morgan fingerprint density at radius 2 is 2.30 bits per heavy atom. The number of nitrogens with zero attached hydrogens (tertiary/aromatic N) is 4. The summed E-state index contributed by atoms with van der Waals surface area (Å²) in [5.74, 6) is 0.820. The van der Waals surface area contributed by atoms with Gasteiger partial charge in [-0.15, -0.1) is 5.10 Å². The molecular formula is C13H18BrN5O. The summed E-state index contributed by atoms with van der Waals surface area (Å²) in [5.41, 5.74) is 1.15. The second-order valence-corrected chi connectivity index (χ2v) is 5.41. The van der Waals surface area contributed by atoms with Gasteiger partial charge in [-0.2, -0.15) is 0 Å². The maximum atomic E-state index is 5.02. The molecule has 0 spiro atoms. The van der Waals surface area contributed by atoms with E-state index < -0.39 is 0 Å². The van der Waals surface area contributed by atoms with Crippen molar-refractivity contribution in [2.45, 2.75) is 19.5 Å². The van der Waals surface area contributed by atoms with Crippen molar-refractivity contribution in [3.63, 3.8) is 0 Å². The molecule has 0 aliphatic carbocycles. The van der Waals surface area contributed by atoms with Crippen LogP contribution in [0.1, 0.15) is 24.4 Å². The van der Waals surface area contributed by atoms with Crippen LogP contribution in [0, 0.1) is 0 Å².